The van der Waals surface area contributed by atoms with E-state index in [4.69, 9.17) is 20.9 Å². The van der Waals surface area contributed by atoms with E-state index in [0.29, 0.717) is 26.3 Å². The topological polar surface area (TPSA) is 77.0 Å². The van der Waals surface area contributed by atoms with Gasteiger partial charge in [0.1, 0.15) is 24.7 Å². The van der Waals surface area contributed by atoms with Crippen molar-refractivity contribution in [1.29, 1.82) is 0 Å². The first kappa shape index (κ1) is 34.9. The van der Waals surface area contributed by atoms with Crippen molar-refractivity contribution >= 4 is 0 Å². The van der Waals surface area contributed by atoms with Crippen LogP contribution in [0.15, 0.2) is 121 Å². The van der Waals surface area contributed by atoms with Gasteiger partial charge in [-0.2, -0.15) is 0 Å². The molecular weight excluding hydrogens is 592 g/mol. The van der Waals surface area contributed by atoms with E-state index in [1.807, 2.05) is 24.3 Å². The number of rotatable bonds is 18. The second-order valence-electron chi connectivity index (χ2n) is 12.7. The maximum atomic E-state index is 6.04. The van der Waals surface area contributed by atoms with E-state index >= 15 is 0 Å². The van der Waals surface area contributed by atoms with E-state index < -0.39 is 0 Å². The van der Waals surface area contributed by atoms with Gasteiger partial charge in [0.2, 0.25) is 0 Å². The van der Waals surface area contributed by atoms with Crippen molar-refractivity contribution in [2.45, 2.75) is 52.2 Å². The van der Waals surface area contributed by atoms with Gasteiger partial charge in [0.25, 0.3) is 0 Å². The predicted molar refractivity (Wildman–Crippen MR) is 197 cm³/mol. The van der Waals surface area contributed by atoms with Gasteiger partial charge in [-0.3, -0.25) is 9.80 Å². The van der Waals surface area contributed by atoms with Crippen LogP contribution < -0.4 is 20.9 Å². The van der Waals surface area contributed by atoms with Gasteiger partial charge in [0.05, 0.1) is 0 Å². The van der Waals surface area contributed by atoms with E-state index in [1.165, 1.54) is 44.5 Å². The average Bonchev–Trinajstić information content (AvgIpc) is 3.09. The fourth-order valence-corrected chi connectivity index (χ4v) is 5.92. The summed E-state index contributed by atoms with van der Waals surface area (Å²) in [5, 5.41) is 0. The molecule has 0 aliphatic carbocycles. The fraction of sp³-hybridized carbons (Fsp3) is 0.286. The first-order valence-corrected chi connectivity index (χ1v) is 16.9. The van der Waals surface area contributed by atoms with Gasteiger partial charge in [-0.1, -0.05) is 97.1 Å². The molecule has 5 rings (SSSR count). The third-order valence-corrected chi connectivity index (χ3v) is 8.34. The largest absolute Gasteiger partial charge is 0.489 e. The molecule has 0 saturated carbocycles. The van der Waals surface area contributed by atoms with Crippen LogP contribution in [-0.4, -0.2) is 37.0 Å². The Balaban J connectivity index is 1.05. The summed E-state index contributed by atoms with van der Waals surface area (Å²) >= 11 is 0. The smallest absolute Gasteiger partial charge is 0.119 e. The Labute approximate surface area is 286 Å². The molecule has 48 heavy (non-hydrogen) atoms. The minimum atomic E-state index is 0.550. The van der Waals surface area contributed by atoms with E-state index in [9.17, 15) is 0 Å². The summed E-state index contributed by atoms with van der Waals surface area (Å²) in [7, 11) is 4.35. The molecule has 0 radical (unpaired) electrons. The Morgan fingerprint density at radius 1 is 0.417 bits per heavy atom. The molecule has 0 spiro atoms. The number of benzene rings is 5. The highest BCUT2D eigenvalue weighted by Gasteiger charge is 2.07. The number of nitrogens with two attached hydrogens (primary N) is 2. The van der Waals surface area contributed by atoms with Gasteiger partial charge in [-0.15, -0.1) is 0 Å². The predicted octanol–water partition coefficient (Wildman–Crippen LogP) is 7.11. The molecule has 0 aliphatic rings. The second-order valence-corrected chi connectivity index (χ2v) is 12.7. The molecule has 0 fully saturated rings. The summed E-state index contributed by atoms with van der Waals surface area (Å²) in [5.41, 5.74) is 21.3. The number of hydrogen-bond donors (Lipinski definition) is 2. The Kier molecular flexibility index (Phi) is 13.2. The Morgan fingerprint density at radius 3 is 1.12 bits per heavy atom. The zero-order valence-electron chi connectivity index (χ0n) is 28.5. The van der Waals surface area contributed by atoms with Gasteiger partial charge in [0, 0.05) is 26.2 Å². The van der Waals surface area contributed by atoms with Crippen molar-refractivity contribution in [2.75, 3.05) is 27.2 Å². The van der Waals surface area contributed by atoms with Gasteiger partial charge in [0.15, 0.2) is 0 Å². The van der Waals surface area contributed by atoms with Gasteiger partial charge in [-0.05, 0) is 109 Å². The van der Waals surface area contributed by atoms with Crippen molar-refractivity contribution in [3.05, 3.63) is 166 Å². The Hall–Kier alpha value is -4.46. The number of hydrogen-bond acceptors (Lipinski definition) is 6. The van der Waals surface area contributed by atoms with Crippen molar-refractivity contribution in [2.24, 2.45) is 11.5 Å². The second kappa shape index (κ2) is 18.2. The van der Waals surface area contributed by atoms with E-state index in [0.717, 1.165) is 50.5 Å². The minimum absolute atomic E-state index is 0.550. The van der Waals surface area contributed by atoms with Crippen LogP contribution in [0.5, 0.6) is 11.5 Å². The maximum absolute atomic E-state index is 6.04. The maximum Gasteiger partial charge on any atom is 0.119 e. The summed E-state index contributed by atoms with van der Waals surface area (Å²) in [6, 6.07) is 42.8. The van der Waals surface area contributed by atoms with Crippen LogP contribution in [-0.2, 0) is 52.2 Å². The summed E-state index contributed by atoms with van der Waals surface area (Å²) in [5.74, 6) is 1.76. The lowest BCUT2D eigenvalue weighted by molar-refractivity contribution is 0.303. The zero-order valence-corrected chi connectivity index (χ0v) is 28.5. The molecule has 250 valence electrons. The van der Waals surface area contributed by atoms with Crippen LogP contribution in [0.25, 0.3) is 0 Å². The molecule has 6 nitrogen and oxygen atoms in total. The first-order chi connectivity index (χ1) is 23.4. The van der Waals surface area contributed by atoms with Crippen LogP contribution in [0.2, 0.25) is 0 Å². The van der Waals surface area contributed by atoms with Crippen LogP contribution in [0.1, 0.15) is 44.5 Å². The highest BCUT2D eigenvalue weighted by molar-refractivity contribution is 5.30. The van der Waals surface area contributed by atoms with E-state index in [1.54, 1.807) is 0 Å². The molecule has 0 atom stereocenters. The van der Waals surface area contributed by atoms with Crippen molar-refractivity contribution < 1.29 is 9.47 Å². The van der Waals surface area contributed by atoms with E-state index in [2.05, 4.69) is 121 Å². The molecule has 0 amide bonds. The molecule has 0 aromatic heterocycles. The molecule has 5 aromatic rings. The molecule has 4 N–H and O–H groups in total. The number of ether oxygens (including phenoxy) is 2. The monoisotopic (exact) mass is 642 g/mol. The molecule has 6 heteroatoms. The SMILES string of the molecule is CN(Cc1ccc(CN(C)Cc2cccc(COc3ccc(CCN)cc3)c2)cc1)Cc1cccc(COc2ccc(CCN)cc2)c1. The Morgan fingerprint density at radius 2 is 0.750 bits per heavy atom. The first-order valence-electron chi connectivity index (χ1n) is 16.9. The highest BCUT2D eigenvalue weighted by Crippen LogP contribution is 2.18. The van der Waals surface area contributed by atoms with Crippen LogP contribution in [0, 0.1) is 0 Å². The summed E-state index contributed by atoms with van der Waals surface area (Å²) in [4.78, 5) is 4.70. The minimum Gasteiger partial charge on any atom is -0.489 e. The lowest BCUT2D eigenvalue weighted by Gasteiger charge is -2.19. The van der Waals surface area contributed by atoms with Crippen LogP contribution in [0.3, 0.4) is 0 Å². The highest BCUT2D eigenvalue weighted by atomic mass is 16.5. The average molecular weight is 643 g/mol. The molecule has 0 aliphatic heterocycles. The summed E-state index contributed by atoms with van der Waals surface area (Å²) < 4.78 is 12.1. The standard InChI is InChI=1S/C42H50N4O2/c1-45(29-37-5-3-7-39(25-37)31-47-41-17-13-33(14-18-41)21-23-43)27-35-9-11-36(12-10-35)28-46(2)30-38-6-4-8-40(26-38)32-48-42-19-15-34(16-20-42)22-24-44/h3-20,25-26H,21-24,27-32,43-44H2,1-2H3. The van der Waals surface area contributed by atoms with Gasteiger partial charge >= 0.3 is 0 Å². The summed E-state index contributed by atoms with van der Waals surface area (Å²) in [6.45, 7) is 5.94. The molecule has 0 unspecified atom stereocenters. The van der Waals surface area contributed by atoms with Crippen molar-refractivity contribution in [3.63, 3.8) is 0 Å². The van der Waals surface area contributed by atoms with Gasteiger partial charge < -0.3 is 20.9 Å². The van der Waals surface area contributed by atoms with Crippen molar-refractivity contribution in [3.8, 4) is 11.5 Å². The third kappa shape index (κ3) is 11.4. The van der Waals surface area contributed by atoms with Gasteiger partial charge in [-0.25, -0.2) is 0 Å². The zero-order chi connectivity index (χ0) is 33.6. The van der Waals surface area contributed by atoms with Crippen LogP contribution in [0.4, 0.5) is 0 Å². The molecular formula is C42H50N4O2. The summed E-state index contributed by atoms with van der Waals surface area (Å²) in [6.07, 6.45) is 1.77. The Bertz CT molecular complexity index is 1540. The third-order valence-electron chi connectivity index (χ3n) is 8.34. The van der Waals surface area contributed by atoms with Crippen molar-refractivity contribution in [1.82, 2.24) is 9.80 Å². The number of nitrogens with zero attached hydrogens (tertiary/aromatic N) is 2. The molecule has 0 bridgehead atoms. The normalized spacial score (nSPS) is 11.3. The molecule has 0 saturated heterocycles. The quantitative estimate of drug-likeness (QED) is 0.106. The van der Waals surface area contributed by atoms with E-state index in [-0.39, 0.29) is 0 Å². The lowest BCUT2D eigenvalue weighted by Crippen LogP contribution is -2.18. The molecule has 0 heterocycles. The lowest BCUT2D eigenvalue weighted by atomic mass is 10.1. The van der Waals surface area contributed by atoms with Crippen LogP contribution >= 0.6 is 0 Å². The fourth-order valence-electron chi connectivity index (χ4n) is 5.92. The molecule has 5 aromatic carbocycles.